The smallest absolute Gasteiger partial charge is 0.411 e. The molecule has 0 saturated carbocycles. The van der Waals surface area contributed by atoms with Gasteiger partial charge in [-0.3, -0.25) is 4.79 Å². The topological polar surface area (TPSA) is 163 Å². The number of methoxy groups -OCH3 is 2. The standard InChI is InChI=1S/C35H35N3O11S/c1-6-44-30(39)18-36-34(41)49-35(22-8-10-26-27(17-22)46-12-11-45-26)23(13-20-14-28(42-4)32(43-5)29(15-20)47-19(2)3)31(33(40)48-35)21-7-9-24-25(16-21)38-50-37-24/h7-10,14-17,19H,6,11-13,18H2,1-5H3,(H,36,41). The van der Waals surface area contributed by atoms with Crippen LogP contribution in [0.3, 0.4) is 0 Å². The van der Waals surface area contributed by atoms with Crippen LogP contribution in [-0.2, 0) is 36.0 Å². The zero-order valence-corrected chi connectivity index (χ0v) is 28.8. The summed E-state index contributed by atoms with van der Waals surface area (Å²) in [5, 5.41) is 2.41. The van der Waals surface area contributed by atoms with Crippen LogP contribution < -0.4 is 29.0 Å². The van der Waals surface area contributed by atoms with E-state index in [1.165, 1.54) is 14.2 Å². The first kappa shape index (κ1) is 34.3. The van der Waals surface area contributed by atoms with Gasteiger partial charge in [-0.1, -0.05) is 6.07 Å². The number of carbonyl (C=O) groups excluding carboxylic acids is 3. The van der Waals surface area contributed by atoms with E-state index < -0.39 is 30.4 Å². The molecule has 0 saturated heterocycles. The van der Waals surface area contributed by atoms with Gasteiger partial charge in [-0.15, -0.1) is 0 Å². The Morgan fingerprint density at radius 3 is 2.46 bits per heavy atom. The SMILES string of the molecule is CCOC(=O)CNC(=O)OC1(c2ccc3c(c2)OCCO3)OC(=O)C(c2ccc3nsnc3c2)=C1Cc1cc(OC)c(OC)c(OC(C)C)c1. The zero-order chi connectivity index (χ0) is 35.4. The fraction of sp³-hybridized carbons (Fsp3) is 0.343. The molecule has 2 aliphatic heterocycles. The third-order valence-corrected chi connectivity index (χ3v) is 8.33. The minimum absolute atomic E-state index is 0.0111. The zero-order valence-electron chi connectivity index (χ0n) is 28.0. The van der Waals surface area contributed by atoms with Crippen molar-refractivity contribution in [2.45, 2.75) is 39.1 Å². The number of benzene rings is 3. The molecule has 1 aromatic heterocycles. The number of nitrogens with one attached hydrogen (secondary N) is 1. The summed E-state index contributed by atoms with van der Waals surface area (Å²) in [6.07, 6.45) is -1.27. The molecule has 3 aromatic carbocycles. The first-order valence-electron chi connectivity index (χ1n) is 15.8. The Balaban J connectivity index is 1.56. The van der Waals surface area contributed by atoms with Crippen LogP contribution in [0.5, 0.6) is 28.7 Å². The Bertz CT molecular complexity index is 1970. The normalized spacial score (nSPS) is 16.6. The number of esters is 2. The summed E-state index contributed by atoms with van der Waals surface area (Å²) in [6, 6.07) is 13.6. The first-order valence-corrected chi connectivity index (χ1v) is 16.5. The van der Waals surface area contributed by atoms with E-state index in [0.29, 0.717) is 57.5 Å². The number of carbonyl (C=O) groups is 3. The van der Waals surface area contributed by atoms with Crippen molar-refractivity contribution in [2.75, 3.05) is 40.6 Å². The van der Waals surface area contributed by atoms with E-state index in [9.17, 15) is 14.4 Å². The molecule has 3 heterocycles. The molecule has 0 bridgehead atoms. The maximum absolute atomic E-state index is 14.2. The van der Waals surface area contributed by atoms with Crippen molar-refractivity contribution < 1.29 is 52.3 Å². The molecule has 15 heteroatoms. The van der Waals surface area contributed by atoms with Crippen LogP contribution in [0.1, 0.15) is 37.5 Å². The molecule has 1 amide bonds. The molecule has 262 valence electrons. The van der Waals surface area contributed by atoms with E-state index >= 15 is 0 Å². The van der Waals surface area contributed by atoms with Gasteiger partial charge in [0.15, 0.2) is 23.0 Å². The largest absolute Gasteiger partial charge is 0.493 e. The lowest BCUT2D eigenvalue weighted by Crippen LogP contribution is -2.41. The summed E-state index contributed by atoms with van der Waals surface area (Å²) >= 11 is 1.04. The second-order valence-corrected chi connectivity index (χ2v) is 11.9. The molecule has 0 radical (unpaired) electrons. The third kappa shape index (κ3) is 6.81. The van der Waals surface area contributed by atoms with Gasteiger partial charge in [0, 0.05) is 17.6 Å². The fourth-order valence-electron chi connectivity index (χ4n) is 5.74. The number of rotatable bonds is 12. The van der Waals surface area contributed by atoms with Gasteiger partial charge in [-0.2, -0.15) is 8.75 Å². The maximum atomic E-state index is 14.2. The number of fused-ring (bicyclic) bond motifs is 2. The second-order valence-electron chi connectivity index (χ2n) is 11.4. The van der Waals surface area contributed by atoms with E-state index in [1.807, 2.05) is 13.8 Å². The number of ether oxygens (including phenoxy) is 8. The monoisotopic (exact) mass is 705 g/mol. The quantitative estimate of drug-likeness (QED) is 0.197. The summed E-state index contributed by atoms with van der Waals surface area (Å²) in [5.41, 5.74) is 2.93. The molecule has 2 aliphatic rings. The van der Waals surface area contributed by atoms with Crippen LogP contribution in [0.15, 0.2) is 54.1 Å². The molecule has 1 N–H and O–H groups in total. The highest BCUT2D eigenvalue weighted by atomic mass is 32.1. The first-order chi connectivity index (χ1) is 24.1. The average molecular weight is 706 g/mol. The minimum Gasteiger partial charge on any atom is -0.493 e. The molecule has 14 nitrogen and oxygen atoms in total. The van der Waals surface area contributed by atoms with Crippen LogP contribution >= 0.6 is 11.7 Å². The van der Waals surface area contributed by atoms with Crippen molar-refractivity contribution in [3.05, 3.63) is 70.8 Å². The van der Waals surface area contributed by atoms with Gasteiger partial charge < -0.3 is 43.2 Å². The predicted octanol–water partition coefficient (Wildman–Crippen LogP) is 4.96. The summed E-state index contributed by atoms with van der Waals surface area (Å²) in [5.74, 6) is -1.61. The molecule has 4 aromatic rings. The third-order valence-electron chi connectivity index (χ3n) is 7.77. The van der Waals surface area contributed by atoms with Gasteiger partial charge in [0.25, 0.3) is 0 Å². The van der Waals surface area contributed by atoms with E-state index in [4.69, 9.17) is 37.9 Å². The second kappa shape index (κ2) is 14.5. The molecule has 0 spiro atoms. The van der Waals surface area contributed by atoms with E-state index in [2.05, 4.69) is 14.1 Å². The molecule has 1 unspecified atom stereocenters. The van der Waals surface area contributed by atoms with Crippen LogP contribution in [-0.4, -0.2) is 73.5 Å². The van der Waals surface area contributed by atoms with Crippen molar-refractivity contribution in [1.29, 1.82) is 0 Å². The number of cyclic esters (lactones) is 1. The van der Waals surface area contributed by atoms with Gasteiger partial charge >= 0.3 is 23.8 Å². The highest BCUT2D eigenvalue weighted by molar-refractivity contribution is 7.00. The Morgan fingerprint density at radius 2 is 1.72 bits per heavy atom. The number of hydrogen-bond acceptors (Lipinski definition) is 14. The van der Waals surface area contributed by atoms with E-state index in [1.54, 1.807) is 55.5 Å². The van der Waals surface area contributed by atoms with E-state index in [-0.39, 0.29) is 42.4 Å². The number of amides is 1. The van der Waals surface area contributed by atoms with E-state index in [0.717, 1.165) is 11.7 Å². The summed E-state index contributed by atoms with van der Waals surface area (Å²) in [6.45, 7) is 5.67. The number of hydrogen-bond donors (Lipinski definition) is 1. The van der Waals surface area contributed by atoms with Gasteiger partial charge in [-0.25, -0.2) is 9.59 Å². The van der Waals surface area contributed by atoms with Crippen molar-refractivity contribution in [2.24, 2.45) is 0 Å². The predicted molar refractivity (Wildman–Crippen MR) is 180 cm³/mol. The highest BCUT2D eigenvalue weighted by Gasteiger charge is 2.53. The number of aromatic nitrogens is 2. The van der Waals surface area contributed by atoms with Gasteiger partial charge in [-0.05, 0) is 74.4 Å². The Hall–Kier alpha value is -5.57. The van der Waals surface area contributed by atoms with Crippen molar-refractivity contribution in [3.8, 4) is 28.7 Å². The minimum atomic E-state index is -2.15. The lowest BCUT2D eigenvalue weighted by Gasteiger charge is -2.32. The lowest BCUT2D eigenvalue weighted by atomic mass is 9.87. The van der Waals surface area contributed by atoms with Gasteiger partial charge in [0.2, 0.25) is 5.75 Å². The molecule has 0 aliphatic carbocycles. The molecule has 50 heavy (non-hydrogen) atoms. The fourth-order valence-corrected chi connectivity index (χ4v) is 6.26. The molecule has 6 rings (SSSR count). The number of alkyl carbamates (subject to hydrolysis) is 1. The Labute approximate surface area is 291 Å². The van der Waals surface area contributed by atoms with Gasteiger partial charge in [0.05, 0.1) is 44.2 Å². The Morgan fingerprint density at radius 1 is 0.960 bits per heavy atom. The van der Waals surface area contributed by atoms with Crippen LogP contribution in [0, 0.1) is 0 Å². The van der Waals surface area contributed by atoms with Crippen LogP contribution in [0.4, 0.5) is 4.79 Å². The molecule has 0 fully saturated rings. The molecular weight excluding hydrogens is 670 g/mol. The Kier molecular flexibility index (Phi) is 9.95. The summed E-state index contributed by atoms with van der Waals surface area (Å²) in [4.78, 5) is 39.8. The van der Waals surface area contributed by atoms with Crippen molar-refractivity contribution >= 4 is 46.4 Å². The molecule has 1 atom stereocenters. The number of nitrogens with zero attached hydrogens (tertiary/aromatic N) is 2. The average Bonchev–Trinajstić information content (AvgIpc) is 3.68. The van der Waals surface area contributed by atoms with Crippen molar-refractivity contribution in [1.82, 2.24) is 14.1 Å². The maximum Gasteiger partial charge on any atom is 0.411 e. The highest BCUT2D eigenvalue weighted by Crippen LogP contribution is 2.50. The van der Waals surface area contributed by atoms with Gasteiger partial charge in [0.1, 0.15) is 30.8 Å². The summed E-state index contributed by atoms with van der Waals surface area (Å²) < 4.78 is 54.8. The molecular formula is C35H35N3O11S. The lowest BCUT2D eigenvalue weighted by molar-refractivity contribution is -0.185. The van der Waals surface area contributed by atoms with Crippen LogP contribution in [0.25, 0.3) is 16.6 Å². The summed E-state index contributed by atoms with van der Waals surface area (Å²) in [7, 11) is 3.01. The van der Waals surface area contributed by atoms with Crippen molar-refractivity contribution in [3.63, 3.8) is 0 Å². The van der Waals surface area contributed by atoms with Crippen LogP contribution in [0.2, 0.25) is 0 Å².